The molecule has 0 spiro atoms. The number of nitrogens with zero attached hydrogens (tertiary/aromatic N) is 3. The summed E-state index contributed by atoms with van der Waals surface area (Å²) >= 11 is 6.23. The topological polar surface area (TPSA) is 66.5 Å². The summed E-state index contributed by atoms with van der Waals surface area (Å²) in [5.41, 5.74) is 3.67. The van der Waals surface area contributed by atoms with Gasteiger partial charge in [-0.15, -0.1) is 0 Å². The molecule has 6 heteroatoms. The van der Waals surface area contributed by atoms with Gasteiger partial charge in [0.2, 0.25) is 5.95 Å². The Morgan fingerprint density at radius 1 is 1.08 bits per heavy atom. The number of aromatic nitrogens is 4. The minimum Gasteiger partial charge on any atom is -0.348 e. The number of pyridine rings is 1. The highest BCUT2D eigenvalue weighted by Crippen LogP contribution is 2.29. The molecule has 0 bridgehead atoms. The molecule has 0 saturated carbocycles. The average molecular weight is 350 g/mol. The summed E-state index contributed by atoms with van der Waals surface area (Å²) in [6.07, 6.45) is 3.64. The molecule has 25 heavy (non-hydrogen) atoms. The van der Waals surface area contributed by atoms with Crippen LogP contribution in [0.5, 0.6) is 0 Å². The van der Waals surface area contributed by atoms with Gasteiger partial charge >= 0.3 is 0 Å². The van der Waals surface area contributed by atoms with Gasteiger partial charge in [-0.25, -0.2) is 15.0 Å². The highest BCUT2D eigenvalue weighted by Gasteiger charge is 2.13. The molecule has 0 amide bonds. The fraction of sp³-hybridized carbons (Fsp3) is 0.105. The van der Waals surface area contributed by atoms with Crippen LogP contribution >= 0.6 is 11.6 Å². The number of fused-ring (bicyclic) bond motifs is 1. The lowest BCUT2D eigenvalue weighted by molar-refractivity contribution is 0.861. The molecular weight excluding hydrogens is 334 g/mol. The summed E-state index contributed by atoms with van der Waals surface area (Å²) in [7, 11) is 0. The highest BCUT2D eigenvalue weighted by atomic mass is 35.5. The molecule has 4 rings (SSSR count). The zero-order valence-electron chi connectivity index (χ0n) is 13.6. The normalized spacial score (nSPS) is 12.2. The van der Waals surface area contributed by atoms with E-state index in [-0.39, 0.29) is 6.04 Å². The van der Waals surface area contributed by atoms with E-state index in [2.05, 4.69) is 44.3 Å². The van der Waals surface area contributed by atoms with Gasteiger partial charge in [0.25, 0.3) is 0 Å². The van der Waals surface area contributed by atoms with Gasteiger partial charge in [0.15, 0.2) is 0 Å². The molecule has 1 atom stereocenters. The SMILES string of the molecule is C[C@@H](Nc1nc(Cl)cc(-c2c[nH]c3ncccc23)n1)c1ccccc1. The van der Waals surface area contributed by atoms with Crippen molar-refractivity contribution in [1.82, 2.24) is 19.9 Å². The first-order valence-electron chi connectivity index (χ1n) is 7.99. The number of hydrogen-bond acceptors (Lipinski definition) is 4. The van der Waals surface area contributed by atoms with Crippen molar-refractivity contribution in [2.75, 3.05) is 5.32 Å². The molecule has 4 aromatic rings. The van der Waals surface area contributed by atoms with E-state index in [9.17, 15) is 0 Å². The van der Waals surface area contributed by atoms with Crippen LogP contribution in [0.3, 0.4) is 0 Å². The molecule has 5 nitrogen and oxygen atoms in total. The average Bonchev–Trinajstić information content (AvgIpc) is 3.06. The Hall–Kier alpha value is -2.92. The maximum Gasteiger partial charge on any atom is 0.225 e. The molecule has 0 unspecified atom stereocenters. The van der Waals surface area contributed by atoms with Gasteiger partial charge < -0.3 is 10.3 Å². The first-order chi connectivity index (χ1) is 12.2. The van der Waals surface area contributed by atoms with Crippen LogP contribution in [0.25, 0.3) is 22.3 Å². The third kappa shape index (κ3) is 3.19. The van der Waals surface area contributed by atoms with Crippen molar-refractivity contribution >= 4 is 28.6 Å². The number of halogens is 1. The lowest BCUT2D eigenvalue weighted by atomic mass is 10.1. The van der Waals surface area contributed by atoms with Gasteiger partial charge in [0, 0.05) is 29.4 Å². The Bertz CT molecular complexity index is 1010. The van der Waals surface area contributed by atoms with Gasteiger partial charge in [0.1, 0.15) is 10.8 Å². The summed E-state index contributed by atoms with van der Waals surface area (Å²) in [5, 5.41) is 4.71. The zero-order chi connectivity index (χ0) is 17.2. The second kappa shape index (κ2) is 6.53. The number of rotatable bonds is 4. The molecule has 0 aliphatic rings. The third-order valence-corrected chi connectivity index (χ3v) is 4.26. The number of anilines is 1. The highest BCUT2D eigenvalue weighted by molar-refractivity contribution is 6.29. The van der Waals surface area contributed by atoms with Crippen molar-refractivity contribution < 1.29 is 0 Å². The van der Waals surface area contributed by atoms with E-state index in [1.807, 2.05) is 36.5 Å². The van der Waals surface area contributed by atoms with E-state index < -0.39 is 0 Å². The van der Waals surface area contributed by atoms with Crippen molar-refractivity contribution in [3.63, 3.8) is 0 Å². The fourth-order valence-corrected chi connectivity index (χ4v) is 2.99. The first kappa shape index (κ1) is 15.6. The summed E-state index contributed by atoms with van der Waals surface area (Å²) in [4.78, 5) is 16.4. The van der Waals surface area contributed by atoms with E-state index in [0.29, 0.717) is 11.1 Å². The fourth-order valence-electron chi connectivity index (χ4n) is 2.81. The van der Waals surface area contributed by atoms with Crippen LogP contribution in [0.4, 0.5) is 5.95 Å². The van der Waals surface area contributed by atoms with E-state index in [0.717, 1.165) is 27.9 Å². The molecule has 0 saturated heterocycles. The van der Waals surface area contributed by atoms with Crippen molar-refractivity contribution in [3.8, 4) is 11.3 Å². The number of nitrogens with one attached hydrogen (secondary N) is 2. The molecule has 0 aliphatic carbocycles. The maximum atomic E-state index is 6.23. The number of benzene rings is 1. The van der Waals surface area contributed by atoms with Gasteiger partial charge in [-0.3, -0.25) is 0 Å². The number of H-pyrrole nitrogens is 1. The van der Waals surface area contributed by atoms with Crippen LogP contribution in [0.1, 0.15) is 18.5 Å². The largest absolute Gasteiger partial charge is 0.348 e. The van der Waals surface area contributed by atoms with E-state index >= 15 is 0 Å². The van der Waals surface area contributed by atoms with Crippen LogP contribution in [-0.4, -0.2) is 19.9 Å². The third-order valence-electron chi connectivity index (χ3n) is 4.07. The quantitative estimate of drug-likeness (QED) is 0.517. The van der Waals surface area contributed by atoms with Crippen molar-refractivity contribution in [2.24, 2.45) is 0 Å². The first-order valence-corrected chi connectivity index (χ1v) is 8.37. The molecule has 3 aromatic heterocycles. The Kier molecular flexibility index (Phi) is 4.07. The van der Waals surface area contributed by atoms with Crippen molar-refractivity contribution in [1.29, 1.82) is 0 Å². The zero-order valence-corrected chi connectivity index (χ0v) is 14.3. The van der Waals surface area contributed by atoms with Crippen LogP contribution in [0, 0.1) is 0 Å². The Morgan fingerprint density at radius 2 is 1.92 bits per heavy atom. The van der Waals surface area contributed by atoms with Crippen molar-refractivity contribution in [2.45, 2.75) is 13.0 Å². The Balaban J connectivity index is 1.69. The van der Waals surface area contributed by atoms with Crippen molar-refractivity contribution in [3.05, 3.63) is 71.6 Å². The minimum atomic E-state index is 0.0668. The Labute approximate surface area is 150 Å². The van der Waals surface area contributed by atoms with Crippen LogP contribution in [-0.2, 0) is 0 Å². The molecular formula is C19H16ClN5. The predicted octanol–water partition coefficient (Wildman–Crippen LogP) is 4.85. The van der Waals surface area contributed by atoms with Gasteiger partial charge in [0.05, 0.1) is 11.7 Å². The molecule has 2 N–H and O–H groups in total. The molecule has 124 valence electrons. The molecule has 0 aliphatic heterocycles. The maximum absolute atomic E-state index is 6.23. The van der Waals surface area contributed by atoms with Crippen LogP contribution in [0.2, 0.25) is 5.15 Å². The smallest absolute Gasteiger partial charge is 0.225 e. The second-order valence-electron chi connectivity index (χ2n) is 5.78. The standard InChI is InChI=1S/C19H16ClN5/c1-12(13-6-3-2-4-7-13)23-19-24-16(10-17(20)25-19)15-11-22-18-14(15)8-5-9-21-18/h2-12H,1H3,(H,21,22)(H,23,24,25)/t12-/m1/s1. The lowest BCUT2D eigenvalue weighted by Gasteiger charge is -2.15. The Morgan fingerprint density at radius 3 is 2.76 bits per heavy atom. The van der Waals surface area contributed by atoms with Gasteiger partial charge in [-0.05, 0) is 24.6 Å². The molecule has 1 aromatic carbocycles. The molecule has 0 radical (unpaired) electrons. The number of aromatic amines is 1. The summed E-state index contributed by atoms with van der Waals surface area (Å²) in [6, 6.07) is 15.9. The summed E-state index contributed by atoms with van der Waals surface area (Å²) in [5.74, 6) is 0.497. The lowest BCUT2D eigenvalue weighted by Crippen LogP contribution is -2.09. The van der Waals surface area contributed by atoms with Gasteiger partial charge in [-0.1, -0.05) is 41.9 Å². The summed E-state index contributed by atoms with van der Waals surface area (Å²) in [6.45, 7) is 2.06. The summed E-state index contributed by atoms with van der Waals surface area (Å²) < 4.78 is 0. The van der Waals surface area contributed by atoms with Crippen LogP contribution in [0.15, 0.2) is 60.9 Å². The minimum absolute atomic E-state index is 0.0668. The van der Waals surface area contributed by atoms with Gasteiger partial charge in [-0.2, -0.15) is 0 Å². The van der Waals surface area contributed by atoms with Crippen LogP contribution < -0.4 is 5.32 Å². The van der Waals surface area contributed by atoms with E-state index in [1.54, 1.807) is 12.3 Å². The van der Waals surface area contributed by atoms with E-state index in [4.69, 9.17) is 11.6 Å². The monoisotopic (exact) mass is 349 g/mol. The van der Waals surface area contributed by atoms with E-state index in [1.165, 1.54) is 0 Å². The number of hydrogen-bond donors (Lipinski definition) is 2. The predicted molar refractivity (Wildman–Crippen MR) is 101 cm³/mol. The molecule has 3 heterocycles. The molecule has 0 fully saturated rings. The second-order valence-corrected chi connectivity index (χ2v) is 6.17.